The van der Waals surface area contributed by atoms with Crippen LogP contribution in [0.5, 0.6) is 5.75 Å². The fourth-order valence-corrected chi connectivity index (χ4v) is 2.49. The molecule has 1 aromatic rings. The topological polar surface area (TPSA) is 55.7 Å². The van der Waals surface area contributed by atoms with Gasteiger partial charge in [0.15, 0.2) is 5.04 Å². The zero-order valence-corrected chi connectivity index (χ0v) is 9.57. The fraction of sp³-hybridized carbons (Fsp3) is 0.182. The molecule has 16 heavy (non-hydrogen) atoms. The SMILES string of the molecule is CC1=CS(=O)(=O)C(COc2ccccc2)=N1. The standard InChI is InChI=1S/C11H11NO3S/c1-9-8-16(13,14)11(12-9)7-15-10-5-3-2-4-6-10/h2-6,8H,7H2,1H3. The first-order chi connectivity index (χ1) is 7.58. The monoisotopic (exact) mass is 237 g/mol. The largest absolute Gasteiger partial charge is 0.487 e. The van der Waals surface area contributed by atoms with Crippen molar-refractivity contribution in [2.45, 2.75) is 6.92 Å². The highest BCUT2D eigenvalue weighted by atomic mass is 32.2. The van der Waals surface area contributed by atoms with Gasteiger partial charge >= 0.3 is 0 Å². The average Bonchev–Trinajstić information content (AvgIpc) is 2.50. The van der Waals surface area contributed by atoms with Crippen molar-refractivity contribution < 1.29 is 13.2 Å². The van der Waals surface area contributed by atoms with Gasteiger partial charge in [0.25, 0.3) is 0 Å². The third-order valence-corrected chi connectivity index (χ3v) is 3.58. The number of ether oxygens (including phenoxy) is 1. The maximum absolute atomic E-state index is 11.5. The Labute approximate surface area is 94.2 Å². The van der Waals surface area contributed by atoms with Gasteiger partial charge in [-0.2, -0.15) is 0 Å². The van der Waals surface area contributed by atoms with Gasteiger partial charge in [-0.15, -0.1) is 0 Å². The Bertz CT molecular complexity index is 544. The molecule has 2 rings (SSSR count). The van der Waals surface area contributed by atoms with Gasteiger partial charge in [-0.3, -0.25) is 0 Å². The molecular formula is C11H11NO3S. The lowest BCUT2D eigenvalue weighted by Crippen LogP contribution is -2.17. The molecular weight excluding hydrogens is 226 g/mol. The van der Waals surface area contributed by atoms with Crippen LogP contribution in [0.25, 0.3) is 0 Å². The lowest BCUT2D eigenvalue weighted by atomic mass is 10.3. The summed E-state index contributed by atoms with van der Waals surface area (Å²) in [6.07, 6.45) is 0. The first-order valence-corrected chi connectivity index (χ1v) is 6.31. The van der Waals surface area contributed by atoms with Gasteiger partial charge in [0.1, 0.15) is 12.4 Å². The molecule has 1 aliphatic heterocycles. The van der Waals surface area contributed by atoms with E-state index in [2.05, 4.69) is 4.99 Å². The number of benzene rings is 1. The predicted molar refractivity (Wildman–Crippen MR) is 62.0 cm³/mol. The normalized spacial score (nSPS) is 17.8. The summed E-state index contributed by atoms with van der Waals surface area (Å²) in [6, 6.07) is 9.04. The highest BCUT2D eigenvalue weighted by Crippen LogP contribution is 2.15. The van der Waals surface area contributed by atoms with E-state index in [1.807, 2.05) is 18.2 Å². The number of para-hydroxylation sites is 1. The number of nitrogens with zero attached hydrogens (tertiary/aromatic N) is 1. The van der Waals surface area contributed by atoms with Crippen molar-refractivity contribution in [2.75, 3.05) is 6.61 Å². The maximum Gasteiger partial charge on any atom is 0.218 e. The third-order valence-electron chi connectivity index (χ3n) is 2.06. The minimum atomic E-state index is -3.34. The Morgan fingerprint density at radius 1 is 1.25 bits per heavy atom. The van der Waals surface area contributed by atoms with Crippen molar-refractivity contribution in [3.05, 3.63) is 41.4 Å². The second-order valence-electron chi connectivity index (χ2n) is 3.41. The molecule has 0 saturated heterocycles. The molecule has 0 unspecified atom stereocenters. The van der Waals surface area contributed by atoms with Gasteiger partial charge in [0.05, 0.1) is 11.1 Å². The Morgan fingerprint density at radius 2 is 1.94 bits per heavy atom. The van der Waals surface area contributed by atoms with Crippen LogP contribution in [0.4, 0.5) is 0 Å². The van der Waals surface area contributed by atoms with Crippen molar-refractivity contribution in [2.24, 2.45) is 4.99 Å². The van der Waals surface area contributed by atoms with E-state index in [1.54, 1.807) is 19.1 Å². The summed E-state index contributed by atoms with van der Waals surface area (Å²) < 4.78 is 28.3. The predicted octanol–water partition coefficient (Wildman–Crippen LogP) is 1.75. The zero-order valence-electron chi connectivity index (χ0n) is 8.75. The summed E-state index contributed by atoms with van der Waals surface area (Å²) >= 11 is 0. The summed E-state index contributed by atoms with van der Waals surface area (Å²) in [5, 5.41) is 1.21. The van der Waals surface area contributed by atoms with Crippen molar-refractivity contribution in [1.82, 2.24) is 0 Å². The van der Waals surface area contributed by atoms with E-state index in [0.29, 0.717) is 11.4 Å². The number of allylic oxidation sites excluding steroid dienone is 1. The van der Waals surface area contributed by atoms with E-state index < -0.39 is 9.84 Å². The summed E-state index contributed by atoms with van der Waals surface area (Å²) in [4.78, 5) is 3.92. The molecule has 0 fully saturated rings. The second-order valence-corrected chi connectivity index (χ2v) is 5.21. The first-order valence-electron chi connectivity index (χ1n) is 4.77. The molecule has 0 spiro atoms. The Hall–Kier alpha value is -1.62. The Morgan fingerprint density at radius 3 is 2.50 bits per heavy atom. The van der Waals surface area contributed by atoms with Crippen molar-refractivity contribution in [1.29, 1.82) is 0 Å². The van der Waals surface area contributed by atoms with Crippen LogP contribution in [0.3, 0.4) is 0 Å². The number of rotatable bonds is 3. The minimum Gasteiger partial charge on any atom is -0.487 e. The van der Waals surface area contributed by atoms with Crippen LogP contribution in [-0.4, -0.2) is 20.1 Å². The van der Waals surface area contributed by atoms with Gasteiger partial charge < -0.3 is 4.74 Å². The van der Waals surface area contributed by atoms with Gasteiger partial charge in [-0.25, -0.2) is 13.4 Å². The quantitative estimate of drug-likeness (QED) is 0.804. The first kappa shape index (κ1) is 10.9. The van der Waals surface area contributed by atoms with Crippen LogP contribution < -0.4 is 4.74 Å². The number of aliphatic imine (C=N–C) groups is 1. The molecule has 4 nitrogen and oxygen atoms in total. The number of sulfone groups is 1. The third kappa shape index (κ3) is 2.30. The van der Waals surface area contributed by atoms with E-state index in [9.17, 15) is 8.42 Å². The maximum atomic E-state index is 11.5. The smallest absolute Gasteiger partial charge is 0.218 e. The molecule has 0 bridgehead atoms. The van der Waals surface area contributed by atoms with Crippen LogP contribution in [0, 0.1) is 0 Å². The Balaban J connectivity index is 2.06. The molecule has 0 N–H and O–H groups in total. The molecule has 0 aromatic heterocycles. The molecule has 0 aliphatic carbocycles. The molecule has 1 aliphatic rings. The molecule has 0 saturated carbocycles. The highest BCUT2D eigenvalue weighted by molar-refractivity contribution is 8.09. The summed E-state index contributed by atoms with van der Waals surface area (Å²) in [5.41, 5.74) is 0.492. The Kier molecular flexibility index (Phi) is 2.78. The zero-order chi connectivity index (χ0) is 11.6. The van der Waals surface area contributed by atoms with E-state index in [4.69, 9.17) is 4.74 Å². The molecule has 1 heterocycles. The van der Waals surface area contributed by atoms with E-state index >= 15 is 0 Å². The second kappa shape index (κ2) is 4.09. The lowest BCUT2D eigenvalue weighted by Gasteiger charge is -2.04. The van der Waals surface area contributed by atoms with Crippen LogP contribution in [0.1, 0.15) is 6.92 Å². The van der Waals surface area contributed by atoms with Gasteiger partial charge in [0, 0.05) is 0 Å². The van der Waals surface area contributed by atoms with Gasteiger partial charge in [-0.05, 0) is 19.1 Å². The van der Waals surface area contributed by atoms with Crippen molar-refractivity contribution in [3.8, 4) is 5.75 Å². The number of hydrogen-bond acceptors (Lipinski definition) is 4. The van der Waals surface area contributed by atoms with Crippen molar-refractivity contribution in [3.63, 3.8) is 0 Å². The number of hydrogen-bond donors (Lipinski definition) is 0. The van der Waals surface area contributed by atoms with Crippen molar-refractivity contribution >= 4 is 14.9 Å². The lowest BCUT2D eigenvalue weighted by molar-refractivity contribution is 0.378. The molecule has 84 valence electrons. The van der Waals surface area contributed by atoms with Crippen LogP contribution in [-0.2, 0) is 9.84 Å². The minimum absolute atomic E-state index is 0.0276. The van der Waals surface area contributed by atoms with Gasteiger partial charge in [-0.1, -0.05) is 18.2 Å². The molecule has 5 heteroatoms. The molecule has 1 aromatic carbocycles. The average molecular weight is 237 g/mol. The van der Waals surface area contributed by atoms with Crippen LogP contribution >= 0.6 is 0 Å². The summed E-state index contributed by atoms with van der Waals surface area (Å²) in [7, 11) is -3.34. The fourth-order valence-electron chi connectivity index (χ4n) is 1.36. The summed E-state index contributed by atoms with van der Waals surface area (Å²) in [6.45, 7) is 1.62. The van der Waals surface area contributed by atoms with Crippen LogP contribution in [0.2, 0.25) is 0 Å². The molecule has 0 atom stereocenters. The van der Waals surface area contributed by atoms with Crippen LogP contribution in [0.15, 0.2) is 46.4 Å². The van der Waals surface area contributed by atoms with E-state index in [0.717, 1.165) is 5.41 Å². The van der Waals surface area contributed by atoms with Gasteiger partial charge in [0.2, 0.25) is 9.84 Å². The molecule has 0 radical (unpaired) electrons. The highest BCUT2D eigenvalue weighted by Gasteiger charge is 2.23. The summed E-state index contributed by atoms with van der Waals surface area (Å²) in [5.74, 6) is 0.630. The van der Waals surface area contributed by atoms with E-state index in [-0.39, 0.29) is 11.7 Å². The molecule has 0 amide bonds. The van der Waals surface area contributed by atoms with E-state index in [1.165, 1.54) is 0 Å².